The van der Waals surface area contributed by atoms with Crippen molar-refractivity contribution in [1.29, 1.82) is 0 Å². The number of anilines is 1. The normalized spacial score (nSPS) is 10.5. The summed E-state index contributed by atoms with van der Waals surface area (Å²) in [5, 5.41) is 0. The second-order valence-corrected chi connectivity index (χ2v) is 4.89. The fraction of sp³-hybridized carbons (Fsp3) is 0.118. The van der Waals surface area contributed by atoms with Crippen molar-refractivity contribution in [3.8, 4) is 11.3 Å². The van der Waals surface area contributed by atoms with Crippen LogP contribution in [-0.4, -0.2) is 9.66 Å². The number of imidazole rings is 1. The van der Waals surface area contributed by atoms with E-state index >= 15 is 0 Å². The number of nitrogens with one attached hydrogen (secondary N) is 1. The van der Waals surface area contributed by atoms with Crippen molar-refractivity contribution in [2.75, 3.05) is 5.43 Å². The molecule has 2 aromatic carbocycles. The van der Waals surface area contributed by atoms with Crippen LogP contribution in [0.25, 0.3) is 11.3 Å². The maximum atomic E-state index is 4.41. The molecule has 0 spiro atoms. The Morgan fingerprint density at radius 3 is 2.30 bits per heavy atom. The second-order valence-electron chi connectivity index (χ2n) is 4.89. The lowest BCUT2D eigenvalue weighted by Crippen LogP contribution is -2.09. The molecule has 3 rings (SSSR count). The van der Waals surface area contributed by atoms with Crippen LogP contribution in [0.5, 0.6) is 0 Å². The highest BCUT2D eigenvalue weighted by molar-refractivity contribution is 5.63. The van der Waals surface area contributed by atoms with Gasteiger partial charge in [-0.3, -0.25) is 5.43 Å². The van der Waals surface area contributed by atoms with E-state index in [1.807, 2.05) is 36.1 Å². The summed E-state index contributed by atoms with van der Waals surface area (Å²) in [6.07, 6.45) is 1.82. The smallest absolute Gasteiger partial charge is 0.115 e. The van der Waals surface area contributed by atoms with Gasteiger partial charge in [0.15, 0.2) is 0 Å². The standard InChI is InChI=1S/C17H17N3/c1-13-8-10-16(11-9-13)19-20-12-18-14(2)17(20)15-6-4-3-5-7-15/h3-12,19H,1-2H3. The predicted octanol–water partition coefficient (Wildman–Crippen LogP) is 4.04. The van der Waals surface area contributed by atoms with Crippen molar-refractivity contribution in [1.82, 2.24) is 9.66 Å². The quantitative estimate of drug-likeness (QED) is 0.772. The highest BCUT2D eigenvalue weighted by atomic mass is 15.4. The summed E-state index contributed by atoms with van der Waals surface area (Å²) >= 11 is 0. The van der Waals surface area contributed by atoms with Gasteiger partial charge in [-0.1, -0.05) is 48.0 Å². The molecule has 0 amide bonds. The van der Waals surface area contributed by atoms with Gasteiger partial charge in [0.2, 0.25) is 0 Å². The molecule has 100 valence electrons. The summed E-state index contributed by atoms with van der Waals surface area (Å²) in [5.41, 5.74) is 8.92. The maximum Gasteiger partial charge on any atom is 0.115 e. The molecule has 0 aliphatic rings. The van der Waals surface area contributed by atoms with Gasteiger partial charge in [0, 0.05) is 5.56 Å². The summed E-state index contributed by atoms with van der Waals surface area (Å²) in [5.74, 6) is 0. The largest absolute Gasteiger partial charge is 0.293 e. The minimum atomic E-state index is 1.01. The van der Waals surface area contributed by atoms with Gasteiger partial charge in [0.05, 0.1) is 17.1 Å². The van der Waals surface area contributed by atoms with Gasteiger partial charge in [-0.2, -0.15) is 0 Å². The first kappa shape index (κ1) is 12.5. The molecule has 0 unspecified atom stereocenters. The van der Waals surface area contributed by atoms with Crippen molar-refractivity contribution >= 4 is 5.69 Å². The van der Waals surface area contributed by atoms with Gasteiger partial charge < -0.3 is 0 Å². The van der Waals surface area contributed by atoms with Crippen LogP contribution in [0.2, 0.25) is 0 Å². The molecule has 3 aromatic rings. The highest BCUT2D eigenvalue weighted by Crippen LogP contribution is 2.22. The first-order chi connectivity index (χ1) is 9.74. The minimum absolute atomic E-state index is 1.01. The number of nitrogens with zero attached hydrogens (tertiary/aromatic N) is 2. The van der Waals surface area contributed by atoms with Crippen LogP contribution in [0.4, 0.5) is 5.69 Å². The molecule has 0 radical (unpaired) electrons. The Bertz CT molecular complexity index is 697. The molecule has 1 aromatic heterocycles. The lowest BCUT2D eigenvalue weighted by atomic mass is 10.1. The number of hydrogen-bond acceptors (Lipinski definition) is 2. The minimum Gasteiger partial charge on any atom is -0.293 e. The second kappa shape index (κ2) is 5.21. The monoisotopic (exact) mass is 263 g/mol. The lowest BCUT2D eigenvalue weighted by Gasteiger charge is -2.12. The maximum absolute atomic E-state index is 4.41. The fourth-order valence-electron chi connectivity index (χ4n) is 2.23. The Balaban J connectivity index is 1.97. The molecule has 0 bridgehead atoms. The van der Waals surface area contributed by atoms with Gasteiger partial charge in [-0.25, -0.2) is 9.66 Å². The first-order valence-corrected chi connectivity index (χ1v) is 6.67. The summed E-state index contributed by atoms with van der Waals surface area (Å²) in [7, 11) is 0. The topological polar surface area (TPSA) is 29.9 Å². The van der Waals surface area contributed by atoms with Gasteiger partial charge in [0.1, 0.15) is 6.33 Å². The molecule has 1 heterocycles. The molecular formula is C17H17N3. The van der Waals surface area contributed by atoms with Crippen LogP contribution >= 0.6 is 0 Å². The van der Waals surface area contributed by atoms with E-state index in [9.17, 15) is 0 Å². The molecule has 3 heteroatoms. The van der Waals surface area contributed by atoms with E-state index in [1.54, 1.807) is 0 Å². The number of aromatic nitrogens is 2. The van der Waals surface area contributed by atoms with Crippen molar-refractivity contribution in [3.63, 3.8) is 0 Å². The molecule has 0 fully saturated rings. The van der Waals surface area contributed by atoms with E-state index in [4.69, 9.17) is 0 Å². The van der Waals surface area contributed by atoms with Gasteiger partial charge >= 0.3 is 0 Å². The summed E-state index contributed by atoms with van der Waals surface area (Å²) < 4.78 is 1.97. The van der Waals surface area contributed by atoms with E-state index in [1.165, 1.54) is 5.56 Å². The molecule has 0 atom stereocenters. The van der Waals surface area contributed by atoms with Crippen LogP contribution in [0, 0.1) is 13.8 Å². The van der Waals surface area contributed by atoms with E-state index in [0.29, 0.717) is 0 Å². The number of benzene rings is 2. The van der Waals surface area contributed by atoms with Crippen molar-refractivity contribution in [3.05, 3.63) is 72.2 Å². The zero-order chi connectivity index (χ0) is 13.9. The number of rotatable bonds is 3. The van der Waals surface area contributed by atoms with Crippen LogP contribution in [0.1, 0.15) is 11.3 Å². The van der Waals surface area contributed by atoms with Gasteiger partial charge in [0.25, 0.3) is 0 Å². The Kier molecular flexibility index (Phi) is 3.25. The third-order valence-corrected chi connectivity index (χ3v) is 3.30. The summed E-state index contributed by atoms with van der Waals surface area (Å²) in [6.45, 7) is 4.11. The predicted molar refractivity (Wildman–Crippen MR) is 82.6 cm³/mol. The molecule has 0 saturated heterocycles. The third-order valence-electron chi connectivity index (χ3n) is 3.30. The van der Waals surface area contributed by atoms with Crippen LogP contribution in [-0.2, 0) is 0 Å². The summed E-state index contributed by atoms with van der Waals surface area (Å²) in [4.78, 5) is 4.41. The average Bonchev–Trinajstić information content (AvgIpc) is 2.83. The number of aryl methyl sites for hydroxylation is 2. The van der Waals surface area contributed by atoms with Gasteiger partial charge in [-0.05, 0) is 26.0 Å². The Morgan fingerprint density at radius 2 is 1.60 bits per heavy atom. The van der Waals surface area contributed by atoms with Gasteiger partial charge in [-0.15, -0.1) is 0 Å². The third kappa shape index (κ3) is 2.43. The van der Waals surface area contributed by atoms with E-state index < -0.39 is 0 Å². The molecule has 0 saturated carbocycles. The Labute approximate surface area is 118 Å². The fourth-order valence-corrected chi connectivity index (χ4v) is 2.23. The van der Waals surface area contributed by atoms with Crippen LogP contribution in [0.3, 0.4) is 0 Å². The first-order valence-electron chi connectivity index (χ1n) is 6.67. The molecule has 1 N–H and O–H groups in total. The van der Waals surface area contributed by atoms with Crippen molar-refractivity contribution in [2.45, 2.75) is 13.8 Å². The molecular weight excluding hydrogens is 246 g/mol. The Morgan fingerprint density at radius 1 is 0.900 bits per heavy atom. The zero-order valence-electron chi connectivity index (χ0n) is 11.7. The lowest BCUT2D eigenvalue weighted by molar-refractivity contribution is 0.962. The number of hydrogen-bond donors (Lipinski definition) is 1. The van der Waals surface area contributed by atoms with E-state index in [0.717, 1.165) is 22.6 Å². The van der Waals surface area contributed by atoms with E-state index in [2.05, 4.69) is 53.7 Å². The average molecular weight is 263 g/mol. The molecule has 0 aliphatic carbocycles. The summed E-state index contributed by atoms with van der Waals surface area (Å²) in [6, 6.07) is 18.6. The van der Waals surface area contributed by atoms with E-state index in [-0.39, 0.29) is 0 Å². The highest BCUT2D eigenvalue weighted by Gasteiger charge is 2.09. The zero-order valence-corrected chi connectivity index (χ0v) is 11.7. The van der Waals surface area contributed by atoms with Crippen molar-refractivity contribution in [2.24, 2.45) is 0 Å². The Hall–Kier alpha value is -2.55. The molecule has 0 aliphatic heterocycles. The van der Waals surface area contributed by atoms with Crippen LogP contribution in [0.15, 0.2) is 60.9 Å². The van der Waals surface area contributed by atoms with Crippen LogP contribution < -0.4 is 5.43 Å². The van der Waals surface area contributed by atoms with Crippen molar-refractivity contribution < 1.29 is 0 Å². The molecule has 20 heavy (non-hydrogen) atoms. The SMILES string of the molecule is Cc1ccc(Nn2cnc(C)c2-c2ccccc2)cc1. The molecule has 3 nitrogen and oxygen atoms in total.